The SMILES string of the molecule is CC1CS(=O)(=O)CCN1c1cnccc1/C(N)=N/O. The van der Waals surface area contributed by atoms with Crippen molar-refractivity contribution in [3.05, 3.63) is 24.0 Å². The van der Waals surface area contributed by atoms with Crippen LogP contribution in [0.2, 0.25) is 0 Å². The lowest BCUT2D eigenvalue weighted by Crippen LogP contribution is -2.47. The van der Waals surface area contributed by atoms with E-state index in [-0.39, 0.29) is 23.4 Å². The maximum atomic E-state index is 11.6. The maximum Gasteiger partial charge on any atom is 0.172 e. The molecule has 19 heavy (non-hydrogen) atoms. The van der Waals surface area contributed by atoms with Gasteiger partial charge >= 0.3 is 0 Å². The van der Waals surface area contributed by atoms with E-state index < -0.39 is 9.84 Å². The summed E-state index contributed by atoms with van der Waals surface area (Å²) in [6, 6.07) is 1.47. The molecule has 0 radical (unpaired) electrons. The zero-order chi connectivity index (χ0) is 14.0. The summed E-state index contributed by atoms with van der Waals surface area (Å²) in [5.41, 5.74) is 6.85. The highest BCUT2D eigenvalue weighted by atomic mass is 32.2. The molecule has 7 nitrogen and oxygen atoms in total. The van der Waals surface area contributed by atoms with Crippen LogP contribution < -0.4 is 10.6 Å². The fourth-order valence-electron chi connectivity index (χ4n) is 2.24. The molecule has 0 aliphatic carbocycles. The molecule has 2 heterocycles. The maximum absolute atomic E-state index is 11.6. The second-order valence-electron chi connectivity index (χ2n) is 4.53. The van der Waals surface area contributed by atoms with E-state index in [9.17, 15) is 8.42 Å². The molecule has 0 spiro atoms. The van der Waals surface area contributed by atoms with E-state index in [1.807, 2.05) is 11.8 Å². The van der Waals surface area contributed by atoms with Crippen molar-refractivity contribution in [2.75, 3.05) is 23.0 Å². The van der Waals surface area contributed by atoms with Gasteiger partial charge in [0.1, 0.15) is 0 Å². The molecule has 0 bridgehead atoms. The molecule has 1 unspecified atom stereocenters. The summed E-state index contributed by atoms with van der Waals surface area (Å²) in [6.45, 7) is 2.21. The first kappa shape index (κ1) is 13.6. The van der Waals surface area contributed by atoms with Crippen LogP contribution in [0.25, 0.3) is 0 Å². The van der Waals surface area contributed by atoms with Gasteiger partial charge < -0.3 is 15.8 Å². The van der Waals surface area contributed by atoms with Crippen molar-refractivity contribution >= 4 is 21.4 Å². The Hall–Kier alpha value is -1.83. The van der Waals surface area contributed by atoms with Crippen molar-refractivity contribution in [2.45, 2.75) is 13.0 Å². The van der Waals surface area contributed by atoms with E-state index in [0.717, 1.165) is 0 Å². The molecule has 1 saturated heterocycles. The highest BCUT2D eigenvalue weighted by molar-refractivity contribution is 7.91. The van der Waals surface area contributed by atoms with E-state index in [0.29, 0.717) is 17.8 Å². The number of nitrogens with two attached hydrogens (primary N) is 1. The van der Waals surface area contributed by atoms with Gasteiger partial charge in [-0.05, 0) is 13.0 Å². The molecule has 0 aromatic carbocycles. The van der Waals surface area contributed by atoms with Crippen molar-refractivity contribution in [2.24, 2.45) is 10.9 Å². The summed E-state index contributed by atoms with van der Waals surface area (Å²) in [7, 11) is -2.98. The Morgan fingerprint density at radius 3 is 3.00 bits per heavy atom. The number of rotatable bonds is 2. The summed E-state index contributed by atoms with van der Waals surface area (Å²) in [5.74, 6) is 0.178. The Kier molecular flexibility index (Phi) is 3.61. The summed E-state index contributed by atoms with van der Waals surface area (Å²) in [6.07, 6.45) is 3.14. The van der Waals surface area contributed by atoms with E-state index in [2.05, 4.69) is 10.1 Å². The predicted octanol–water partition coefficient (Wildman–Crippen LogP) is -0.201. The molecule has 3 N–H and O–H groups in total. The van der Waals surface area contributed by atoms with Crippen LogP contribution in [-0.4, -0.2) is 48.5 Å². The molecule has 2 rings (SSSR count). The third-order valence-electron chi connectivity index (χ3n) is 3.16. The minimum Gasteiger partial charge on any atom is -0.409 e. The van der Waals surface area contributed by atoms with Crippen LogP contribution in [0.1, 0.15) is 12.5 Å². The molecule has 8 heteroatoms. The number of amidine groups is 1. The van der Waals surface area contributed by atoms with E-state index in [4.69, 9.17) is 10.9 Å². The van der Waals surface area contributed by atoms with Gasteiger partial charge in [0, 0.05) is 24.3 Å². The first-order valence-electron chi connectivity index (χ1n) is 5.83. The van der Waals surface area contributed by atoms with E-state index in [1.165, 1.54) is 0 Å². The lowest BCUT2D eigenvalue weighted by Gasteiger charge is -2.35. The molecule has 1 aliphatic rings. The van der Waals surface area contributed by atoms with E-state index in [1.54, 1.807) is 18.5 Å². The van der Waals surface area contributed by atoms with Crippen LogP contribution in [0.3, 0.4) is 0 Å². The van der Waals surface area contributed by atoms with Gasteiger partial charge in [0.25, 0.3) is 0 Å². The van der Waals surface area contributed by atoms with Crippen molar-refractivity contribution in [3.63, 3.8) is 0 Å². The smallest absolute Gasteiger partial charge is 0.172 e. The topological polar surface area (TPSA) is 109 Å². The third-order valence-corrected chi connectivity index (χ3v) is 4.96. The lowest BCUT2D eigenvalue weighted by atomic mass is 10.1. The summed E-state index contributed by atoms with van der Waals surface area (Å²) in [5, 5.41) is 11.8. The summed E-state index contributed by atoms with van der Waals surface area (Å²) >= 11 is 0. The normalized spacial score (nSPS) is 23.3. The Labute approximate surface area is 111 Å². The molecule has 1 aromatic heterocycles. The van der Waals surface area contributed by atoms with Gasteiger partial charge in [0.05, 0.1) is 23.4 Å². The number of pyridine rings is 1. The Morgan fingerprint density at radius 1 is 1.63 bits per heavy atom. The Bertz CT molecular complexity index is 600. The molecule has 0 saturated carbocycles. The summed E-state index contributed by atoms with van der Waals surface area (Å²) in [4.78, 5) is 5.94. The first-order chi connectivity index (χ1) is 8.94. The fourth-order valence-corrected chi connectivity index (χ4v) is 3.80. The molecule has 104 valence electrons. The van der Waals surface area contributed by atoms with Gasteiger partial charge in [-0.25, -0.2) is 8.42 Å². The minimum atomic E-state index is -2.98. The average Bonchev–Trinajstić information content (AvgIpc) is 2.37. The quantitative estimate of drug-likeness (QED) is 0.337. The largest absolute Gasteiger partial charge is 0.409 e. The molecular formula is C11H16N4O3S. The number of hydrogen-bond acceptors (Lipinski definition) is 6. The number of sulfone groups is 1. The number of hydrogen-bond donors (Lipinski definition) is 2. The van der Waals surface area contributed by atoms with Gasteiger partial charge in [0.15, 0.2) is 15.7 Å². The van der Waals surface area contributed by atoms with Gasteiger partial charge in [-0.2, -0.15) is 0 Å². The third kappa shape index (κ3) is 2.78. The van der Waals surface area contributed by atoms with Crippen LogP contribution >= 0.6 is 0 Å². The predicted molar refractivity (Wildman–Crippen MR) is 72.2 cm³/mol. The van der Waals surface area contributed by atoms with Crippen molar-refractivity contribution in [3.8, 4) is 0 Å². The standard InChI is InChI=1S/C11H16N4O3S/c1-8-7-19(17,18)5-4-15(8)10-6-13-3-2-9(10)11(12)14-16/h2-3,6,8,16H,4-5,7H2,1H3,(H2,12,14). The second-order valence-corrected chi connectivity index (χ2v) is 6.76. The molecule has 0 amide bonds. The summed E-state index contributed by atoms with van der Waals surface area (Å²) < 4.78 is 23.2. The monoisotopic (exact) mass is 284 g/mol. The zero-order valence-corrected chi connectivity index (χ0v) is 11.3. The van der Waals surface area contributed by atoms with Gasteiger partial charge in [-0.1, -0.05) is 5.16 Å². The molecule has 1 aliphatic heterocycles. The highest BCUT2D eigenvalue weighted by Crippen LogP contribution is 2.24. The van der Waals surface area contributed by atoms with Gasteiger partial charge in [-0.3, -0.25) is 4.98 Å². The first-order valence-corrected chi connectivity index (χ1v) is 7.66. The number of anilines is 1. The molecule has 1 atom stereocenters. The van der Waals surface area contributed by atoms with Crippen LogP contribution in [0.5, 0.6) is 0 Å². The fraction of sp³-hybridized carbons (Fsp3) is 0.455. The van der Waals surface area contributed by atoms with Crippen molar-refractivity contribution < 1.29 is 13.6 Å². The van der Waals surface area contributed by atoms with E-state index >= 15 is 0 Å². The Morgan fingerprint density at radius 2 is 2.37 bits per heavy atom. The van der Waals surface area contributed by atoms with Crippen LogP contribution in [0.4, 0.5) is 5.69 Å². The van der Waals surface area contributed by atoms with Crippen LogP contribution in [0, 0.1) is 0 Å². The number of nitrogens with zero attached hydrogens (tertiary/aromatic N) is 3. The van der Waals surface area contributed by atoms with Gasteiger partial charge in [-0.15, -0.1) is 0 Å². The number of oxime groups is 1. The minimum absolute atomic E-state index is 0.0157. The van der Waals surface area contributed by atoms with Crippen LogP contribution in [0.15, 0.2) is 23.6 Å². The number of aromatic nitrogens is 1. The average molecular weight is 284 g/mol. The van der Waals surface area contributed by atoms with Crippen molar-refractivity contribution in [1.29, 1.82) is 0 Å². The van der Waals surface area contributed by atoms with Gasteiger partial charge in [0.2, 0.25) is 0 Å². The molecular weight excluding hydrogens is 268 g/mol. The highest BCUT2D eigenvalue weighted by Gasteiger charge is 2.29. The zero-order valence-electron chi connectivity index (χ0n) is 10.5. The molecule has 1 aromatic rings. The second kappa shape index (κ2) is 5.04. The van der Waals surface area contributed by atoms with Crippen molar-refractivity contribution in [1.82, 2.24) is 4.98 Å². The Balaban J connectivity index is 2.38. The molecule has 1 fully saturated rings. The lowest BCUT2D eigenvalue weighted by molar-refractivity contribution is 0.318. The van der Waals surface area contributed by atoms with Crippen LogP contribution in [-0.2, 0) is 9.84 Å².